The van der Waals surface area contributed by atoms with E-state index in [2.05, 4.69) is 5.32 Å². The lowest BCUT2D eigenvalue weighted by Crippen LogP contribution is -2.41. The van der Waals surface area contributed by atoms with Gasteiger partial charge in [0.05, 0.1) is 5.69 Å². The highest BCUT2D eigenvalue weighted by Crippen LogP contribution is 2.25. The Kier molecular flexibility index (Phi) is 4.30. The Labute approximate surface area is 114 Å². The number of benzene rings is 1. The number of amides is 1. The second-order valence-electron chi connectivity index (χ2n) is 5.24. The number of carbonyl (C=O) groups is 1. The fourth-order valence-corrected chi connectivity index (χ4v) is 2.39. The molecule has 0 heterocycles. The van der Waals surface area contributed by atoms with Crippen LogP contribution in [0.3, 0.4) is 0 Å². The van der Waals surface area contributed by atoms with Crippen LogP contribution in [-0.2, 0) is 4.79 Å². The monoisotopic (exact) mass is 262 g/mol. The lowest BCUT2D eigenvalue weighted by atomic mass is 10.2. The first-order valence-electron chi connectivity index (χ1n) is 6.90. The molecule has 1 atom stereocenters. The summed E-state index contributed by atoms with van der Waals surface area (Å²) in [7, 11) is 0. The van der Waals surface area contributed by atoms with Crippen molar-refractivity contribution in [2.75, 3.05) is 5.73 Å². The molecule has 2 rings (SSSR count). The van der Waals surface area contributed by atoms with Crippen LogP contribution in [0.2, 0.25) is 0 Å². The molecule has 1 aliphatic rings. The van der Waals surface area contributed by atoms with Crippen LogP contribution in [-0.4, -0.2) is 18.1 Å². The van der Waals surface area contributed by atoms with E-state index in [1.165, 1.54) is 12.8 Å². The average Bonchev–Trinajstić information content (AvgIpc) is 2.87. The van der Waals surface area contributed by atoms with Crippen molar-refractivity contribution in [3.05, 3.63) is 23.8 Å². The van der Waals surface area contributed by atoms with Crippen LogP contribution in [0.5, 0.6) is 5.75 Å². The zero-order valence-corrected chi connectivity index (χ0v) is 11.6. The number of rotatable bonds is 4. The van der Waals surface area contributed by atoms with Gasteiger partial charge in [0.1, 0.15) is 5.75 Å². The fraction of sp³-hybridized carbons (Fsp3) is 0.533. The van der Waals surface area contributed by atoms with Crippen molar-refractivity contribution in [2.45, 2.75) is 51.7 Å². The Bertz CT molecular complexity index is 453. The maximum Gasteiger partial charge on any atom is 0.260 e. The number of carbonyl (C=O) groups excluding carboxylic acids is 1. The maximum absolute atomic E-state index is 12.0. The van der Waals surface area contributed by atoms with Crippen LogP contribution in [0.15, 0.2) is 18.2 Å². The van der Waals surface area contributed by atoms with E-state index < -0.39 is 6.10 Å². The minimum Gasteiger partial charge on any atom is -0.479 e. The number of nitrogens with two attached hydrogens (primary N) is 1. The van der Waals surface area contributed by atoms with E-state index >= 15 is 0 Å². The quantitative estimate of drug-likeness (QED) is 0.819. The predicted octanol–water partition coefficient (Wildman–Crippen LogP) is 2.40. The summed E-state index contributed by atoms with van der Waals surface area (Å²) >= 11 is 0. The fourth-order valence-electron chi connectivity index (χ4n) is 2.39. The largest absolute Gasteiger partial charge is 0.479 e. The van der Waals surface area contributed by atoms with Crippen LogP contribution in [0, 0.1) is 6.92 Å². The molecular weight excluding hydrogens is 240 g/mol. The molecule has 1 unspecified atom stereocenters. The Balaban J connectivity index is 1.94. The van der Waals surface area contributed by atoms with Crippen molar-refractivity contribution in [1.29, 1.82) is 0 Å². The summed E-state index contributed by atoms with van der Waals surface area (Å²) in [6, 6.07) is 5.91. The molecule has 0 bridgehead atoms. The Morgan fingerprint density at radius 2 is 2.11 bits per heavy atom. The zero-order valence-electron chi connectivity index (χ0n) is 11.6. The van der Waals surface area contributed by atoms with Crippen LogP contribution in [0.25, 0.3) is 0 Å². The van der Waals surface area contributed by atoms with Crippen molar-refractivity contribution in [3.63, 3.8) is 0 Å². The smallest absolute Gasteiger partial charge is 0.260 e. The zero-order chi connectivity index (χ0) is 13.8. The molecule has 0 spiro atoms. The van der Waals surface area contributed by atoms with E-state index in [-0.39, 0.29) is 5.91 Å². The number of hydrogen-bond acceptors (Lipinski definition) is 3. The number of para-hydroxylation sites is 1. The van der Waals surface area contributed by atoms with Crippen LogP contribution in [0.1, 0.15) is 38.2 Å². The number of hydrogen-bond donors (Lipinski definition) is 2. The first kappa shape index (κ1) is 13.7. The Morgan fingerprint density at radius 3 is 2.79 bits per heavy atom. The maximum atomic E-state index is 12.0. The molecule has 4 heteroatoms. The van der Waals surface area contributed by atoms with Gasteiger partial charge in [-0.15, -0.1) is 0 Å². The molecule has 0 aliphatic heterocycles. The molecule has 1 saturated carbocycles. The molecule has 0 saturated heterocycles. The van der Waals surface area contributed by atoms with E-state index in [0.717, 1.165) is 18.4 Å². The van der Waals surface area contributed by atoms with Crippen LogP contribution < -0.4 is 15.8 Å². The minimum absolute atomic E-state index is 0.0622. The average molecular weight is 262 g/mol. The van der Waals surface area contributed by atoms with Crippen LogP contribution in [0.4, 0.5) is 5.69 Å². The summed E-state index contributed by atoms with van der Waals surface area (Å²) in [6.45, 7) is 3.68. The Hall–Kier alpha value is -1.71. The van der Waals surface area contributed by atoms with Gasteiger partial charge >= 0.3 is 0 Å². The second-order valence-corrected chi connectivity index (χ2v) is 5.24. The molecule has 1 aliphatic carbocycles. The number of nitrogens with one attached hydrogen (secondary N) is 1. The second kappa shape index (κ2) is 5.95. The summed E-state index contributed by atoms with van der Waals surface area (Å²) < 4.78 is 5.66. The van der Waals surface area contributed by atoms with Gasteiger partial charge in [-0.1, -0.05) is 25.0 Å². The third-order valence-corrected chi connectivity index (χ3v) is 3.66. The number of anilines is 1. The molecule has 1 aromatic rings. The summed E-state index contributed by atoms with van der Waals surface area (Å²) in [5.74, 6) is 0.516. The van der Waals surface area contributed by atoms with Crippen molar-refractivity contribution in [3.8, 4) is 5.75 Å². The van der Waals surface area contributed by atoms with Crippen LogP contribution >= 0.6 is 0 Å². The van der Waals surface area contributed by atoms with Crippen molar-refractivity contribution in [2.24, 2.45) is 0 Å². The van der Waals surface area contributed by atoms with E-state index in [1.54, 1.807) is 13.0 Å². The summed E-state index contributed by atoms with van der Waals surface area (Å²) in [6.07, 6.45) is 4.02. The SMILES string of the molecule is Cc1cccc(OC(C)C(=O)NC2CCCC2)c1N. The molecule has 104 valence electrons. The van der Waals surface area contributed by atoms with E-state index in [4.69, 9.17) is 10.5 Å². The van der Waals surface area contributed by atoms with Gasteiger partial charge in [-0.2, -0.15) is 0 Å². The van der Waals surface area contributed by atoms with Gasteiger partial charge in [0.2, 0.25) is 0 Å². The van der Waals surface area contributed by atoms with Gasteiger partial charge in [-0.05, 0) is 38.3 Å². The van der Waals surface area contributed by atoms with Gasteiger partial charge < -0.3 is 15.8 Å². The number of nitrogen functional groups attached to an aromatic ring is 1. The van der Waals surface area contributed by atoms with Crippen molar-refractivity contribution < 1.29 is 9.53 Å². The standard InChI is InChI=1S/C15H22N2O2/c1-10-6-5-9-13(14(10)16)19-11(2)15(18)17-12-7-3-4-8-12/h5-6,9,11-12H,3-4,7-8,16H2,1-2H3,(H,17,18). The lowest BCUT2D eigenvalue weighted by Gasteiger charge is -2.19. The molecule has 0 aromatic heterocycles. The highest BCUT2D eigenvalue weighted by molar-refractivity contribution is 5.81. The first-order chi connectivity index (χ1) is 9.08. The van der Waals surface area contributed by atoms with Crippen molar-refractivity contribution in [1.82, 2.24) is 5.32 Å². The van der Waals surface area contributed by atoms with Gasteiger partial charge in [-0.25, -0.2) is 0 Å². The third kappa shape index (κ3) is 3.40. The molecule has 4 nitrogen and oxygen atoms in total. The van der Waals surface area contributed by atoms with E-state index in [1.807, 2.05) is 19.1 Å². The third-order valence-electron chi connectivity index (χ3n) is 3.66. The van der Waals surface area contributed by atoms with Gasteiger partial charge in [0.15, 0.2) is 6.10 Å². The lowest BCUT2D eigenvalue weighted by molar-refractivity contribution is -0.127. The van der Waals surface area contributed by atoms with E-state index in [9.17, 15) is 4.79 Å². The highest BCUT2D eigenvalue weighted by atomic mass is 16.5. The summed E-state index contributed by atoms with van der Waals surface area (Å²) in [5.41, 5.74) is 7.50. The predicted molar refractivity (Wildman–Crippen MR) is 76.1 cm³/mol. The topological polar surface area (TPSA) is 64.3 Å². The molecule has 3 N–H and O–H groups in total. The molecule has 19 heavy (non-hydrogen) atoms. The minimum atomic E-state index is -0.523. The summed E-state index contributed by atoms with van der Waals surface area (Å²) in [5, 5.41) is 3.03. The van der Waals surface area contributed by atoms with Gasteiger partial charge in [-0.3, -0.25) is 4.79 Å². The number of ether oxygens (including phenoxy) is 1. The highest BCUT2D eigenvalue weighted by Gasteiger charge is 2.22. The molecule has 1 amide bonds. The number of aryl methyl sites for hydroxylation is 1. The first-order valence-corrected chi connectivity index (χ1v) is 6.90. The van der Waals surface area contributed by atoms with Gasteiger partial charge in [0.25, 0.3) is 5.91 Å². The van der Waals surface area contributed by atoms with Gasteiger partial charge in [0, 0.05) is 6.04 Å². The van der Waals surface area contributed by atoms with E-state index in [0.29, 0.717) is 17.5 Å². The Morgan fingerprint density at radius 1 is 1.42 bits per heavy atom. The van der Waals surface area contributed by atoms with Crippen molar-refractivity contribution >= 4 is 11.6 Å². The molecule has 0 radical (unpaired) electrons. The molecule has 1 fully saturated rings. The molecule has 1 aromatic carbocycles. The normalized spacial score (nSPS) is 17.2. The summed E-state index contributed by atoms with van der Waals surface area (Å²) in [4.78, 5) is 12.0. The molecular formula is C15H22N2O2.